The summed E-state index contributed by atoms with van der Waals surface area (Å²) in [6, 6.07) is 6.05. The van der Waals surface area contributed by atoms with Crippen LogP contribution in [0.4, 0.5) is 13.2 Å². The van der Waals surface area contributed by atoms with Crippen LogP contribution in [-0.4, -0.2) is 18.6 Å². The quantitative estimate of drug-likeness (QED) is 0.593. The number of para-hydroxylation sites is 1. The molecule has 19 heavy (non-hydrogen) atoms. The molecular weight excluding hydrogens is 276 g/mol. The molecule has 4 nitrogen and oxygen atoms in total. The van der Waals surface area contributed by atoms with Gasteiger partial charge in [-0.2, -0.15) is 0 Å². The minimum absolute atomic E-state index is 0. The Hall–Kier alpha value is -1.02. The van der Waals surface area contributed by atoms with Crippen molar-refractivity contribution in [3.8, 4) is 5.75 Å². The molecule has 0 saturated heterocycles. The van der Waals surface area contributed by atoms with E-state index in [1.807, 2.05) is 0 Å². The van der Waals surface area contributed by atoms with Gasteiger partial charge in [0.15, 0.2) is 0 Å². The summed E-state index contributed by atoms with van der Waals surface area (Å²) in [5.74, 6) is -1.67. The molecule has 0 amide bonds. The van der Waals surface area contributed by atoms with Gasteiger partial charge in [0.1, 0.15) is 5.75 Å². The van der Waals surface area contributed by atoms with E-state index in [0.29, 0.717) is 5.56 Å². The fourth-order valence-corrected chi connectivity index (χ4v) is 1.49. The van der Waals surface area contributed by atoms with Gasteiger partial charge in [-0.05, 0) is 12.1 Å². The third-order valence-electron chi connectivity index (χ3n) is 2.19. The Morgan fingerprint density at radius 3 is 2.53 bits per heavy atom. The average Bonchev–Trinajstić information content (AvgIpc) is 2.25. The van der Waals surface area contributed by atoms with Crippen molar-refractivity contribution in [1.29, 1.82) is 0 Å². The molecule has 2 rings (SSSR count). The Kier molecular flexibility index (Phi) is 5.03. The van der Waals surface area contributed by atoms with E-state index in [9.17, 15) is 23.1 Å². The first-order valence-electron chi connectivity index (χ1n) is 4.80. The maximum Gasteiger partial charge on any atom is 1.00 e. The molecule has 1 heterocycles. The second-order valence-corrected chi connectivity index (χ2v) is 3.44. The van der Waals surface area contributed by atoms with E-state index in [4.69, 9.17) is 4.74 Å². The molecule has 8 heteroatoms. The first kappa shape index (κ1) is 16.0. The summed E-state index contributed by atoms with van der Waals surface area (Å²) in [6.07, 6.45) is -6.04. The van der Waals surface area contributed by atoms with Crippen molar-refractivity contribution in [2.45, 2.75) is 12.7 Å². The van der Waals surface area contributed by atoms with Crippen molar-refractivity contribution in [2.24, 2.45) is 0 Å². The molecule has 0 fully saturated rings. The van der Waals surface area contributed by atoms with E-state index in [1.54, 1.807) is 12.1 Å². The van der Waals surface area contributed by atoms with Gasteiger partial charge in [-0.15, -0.1) is 13.2 Å². The molecule has 0 spiro atoms. The Morgan fingerprint density at radius 2 is 1.95 bits per heavy atom. The van der Waals surface area contributed by atoms with Gasteiger partial charge in [-0.25, -0.2) is 4.74 Å². The SMILES string of the molecule is O=C([O-])C1=Cc2ccccc2OC1OC(F)(F)F.[Na+]. The summed E-state index contributed by atoms with van der Waals surface area (Å²) in [4.78, 5) is 10.8. The number of aliphatic carboxylic acids is 1. The molecule has 1 aromatic carbocycles. The minimum Gasteiger partial charge on any atom is -0.545 e. The number of carbonyl (C=O) groups is 1. The molecule has 0 bridgehead atoms. The zero-order valence-corrected chi connectivity index (χ0v) is 11.7. The number of carboxylic acid groups (broad SMARTS) is 1. The maximum atomic E-state index is 12.1. The number of alkyl halides is 3. The fraction of sp³-hybridized carbons (Fsp3) is 0.182. The van der Waals surface area contributed by atoms with Gasteiger partial charge in [0.25, 0.3) is 0 Å². The molecule has 96 valence electrons. The van der Waals surface area contributed by atoms with Gasteiger partial charge in [-0.3, -0.25) is 0 Å². The van der Waals surface area contributed by atoms with E-state index in [2.05, 4.69) is 4.74 Å². The predicted molar refractivity (Wildman–Crippen MR) is 51.0 cm³/mol. The molecule has 1 aromatic rings. The Balaban J connectivity index is 0.00000180. The van der Waals surface area contributed by atoms with Crippen molar-refractivity contribution >= 4 is 12.0 Å². The molecule has 0 aliphatic carbocycles. The van der Waals surface area contributed by atoms with Crippen LogP contribution in [0.3, 0.4) is 0 Å². The third-order valence-corrected chi connectivity index (χ3v) is 2.19. The van der Waals surface area contributed by atoms with E-state index < -0.39 is 24.2 Å². The number of rotatable bonds is 2. The Labute approximate surface area is 128 Å². The van der Waals surface area contributed by atoms with Gasteiger partial charge < -0.3 is 14.6 Å². The Bertz CT molecular complexity index is 513. The largest absolute Gasteiger partial charge is 1.00 e. The second-order valence-electron chi connectivity index (χ2n) is 3.44. The molecule has 1 unspecified atom stereocenters. The van der Waals surface area contributed by atoms with Crippen LogP contribution >= 0.6 is 0 Å². The van der Waals surface area contributed by atoms with Crippen LogP contribution in [0.5, 0.6) is 5.75 Å². The summed E-state index contributed by atoms with van der Waals surface area (Å²) in [5, 5.41) is 10.8. The van der Waals surface area contributed by atoms with Gasteiger partial charge in [0, 0.05) is 11.1 Å². The van der Waals surface area contributed by atoms with Gasteiger partial charge in [0.05, 0.1) is 5.97 Å². The summed E-state index contributed by atoms with van der Waals surface area (Å²) in [5.41, 5.74) is -0.371. The number of fused-ring (bicyclic) bond motifs is 1. The summed E-state index contributed by atoms with van der Waals surface area (Å²) >= 11 is 0. The van der Waals surface area contributed by atoms with Crippen molar-refractivity contribution < 1.29 is 62.1 Å². The molecule has 0 N–H and O–H groups in total. The van der Waals surface area contributed by atoms with E-state index in [0.717, 1.165) is 6.08 Å². The van der Waals surface area contributed by atoms with Crippen LogP contribution in [-0.2, 0) is 9.53 Å². The van der Waals surface area contributed by atoms with Crippen LogP contribution in [0, 0.1) is 0 Å². The van der Waals surface area contributed by atoms with Crippen LogP contribution in [0.2, 0.25) is 0 Å². The normalized spacial score (nSPS) is 17.6. The fourth-order valence-electron chi connectivity index (χ4n) is 1.49. The number of carbonyl (C=O) groups excluding carboxylic acids is 1. The van der Waals surface area contributed by atoms with Gasteiger partial charge in [0.2, 0.25) is 6.29 Å². The van der Waals surface area contributed by atoms with E-state index in [1.165, 1.54) is 12.1 Å². The third kappa shape index (κ3) is 3.97. The first-order valence-corrected chi connectivity index (χ1v) is 4.80. The van der Waals surface area contributed by atoms with Crippen LogP contribution < -0.4 is 39.4 Å². The Morgan fingerprint density at radius 1 is 1.32 bits per heavy atom. The van der Waals surface area contributed by atoms with Gasteiger partial charge >= 0.3 is 35.9 Å². The number of halogens is 3. The maximum absolute atomic E-state index is 12.1. The van der Waals surface area contributed by atoms with E-state index >= 15 is 0 Å². The van der Waals surface area contributed by atoms with Crippen molar-refractivity contribution in [3.05, 3.63) is 35.4 Å². The van der Waals surface area contributed by atoms with Crippen LogP contribution in [0.1, 0.15) is 5.56 Å². The van der Waals surface area contributed by atoms with E-state index in [-0.39, 0.29) is 35.3 Å². The summed E-state index contributed by atoms with van der Waals surface area (Å²) in [7, 11) is 0. The number of benzene rings is 1. The molecule has 0 aromatic heterocycles. The smallest absolute Gasteiger partial charge is 0.545 e. The first-order chi connectivity index (χ1) is 8.37. The zero-order valence-electron chi connectivity index (χ0n) is 9.73. The molecular formula is C11H6F3NaO4. The van der Waals surface area contributed by atoms with Crippen molar-refractivity contribution in [2.75, 3.05) is 0 Å². The minimum atomic E-state index is -5.01. The monoisotopic (exact) mass is 282 g/mol. The average molecular weight is 282 g/mol. The standard InChI is InChI=1S/C11H7F3O4.Na/c12-11(13,14)18-10-7(9(15)16)5-6-3-1-2-4-8(6)17-10;/h1-5,10H,(H,15,16);/q;+1/p-1. The molecule has 1 aliphatic rings. The summed E-state index contributed by atoms with van der Waals surface area (Å²) in [6.45, 7) is 0. The number of hydrogen-bond donors (Lipinski definition) is 0. The molecule has 0 radical (unpaired) electrons. The number of carboxylic acids is 1. The van der Waals surface area contributed by atoms with Crippen molar-refractivity contribution in [3.63, 3.8) is 0 Å². The zero-order chi connectivity index (χ0) is 13.3. The van der Waals surface area contributed by atoms with Crippen molar-refractivity contribution in [1.82, 2.24) is 0 Å². The summed E-state index contributed by atoms with van der Waals surface area (Å²) < 4.78 is 44.8. The number of ether oxygens (including phenoxy) is 2. The number of hydrogen-bond acceptors (Lipinski definition) is 4. The second kappa shape index (κ2) is 5.96. The topological polar surface area (TPSA) is 58.6 Å². The molecule has 0 saturated carbocycles. The molecule has 1 aliphatic heterocycles. The van der Waals surface area contributed by atoms with Crippen LogP contribution in [0.15, 0.2) is 29.8 Å². The molecule has 1 atom stereocenters. The van der Waals surface area contributed by atoms with Crippen LogP contribution in [0.25, 0.3) is 6.08 Å². The predicted octanol–water partition coefficient (Wildman–Crippen LogP) is -1.92. The van der Waals surface area contributed by atoms with Gasteiger partial charge in [-0.1, -0.05) is 18.2 Å².